The van der Waals surface area contributed by atoms with E-state index in [0.29, 0.717) is 30.1 Å². The number of rotatable bonds is 5. The fourth-order valence-corrected chi connectivity index (χ4v) is 5.57. The quantitative estimate of drug-likeness (QED) is 0.650. The number of carbonyl (C=O) groups excluding carboxylic acids is 2. The number of nitrogens with one attached hydrogen (secondary N) is 1. The number of amides is 2. The lowest BCUT2D eigenvalue weighted by Gasteiger charge is -2.27. The van der Waals surface area contributed by atoms with E-state index < -0.39 is 0 Å². The summed E-state index contributed by atoms with van der Waals surface area (Å²) in [4.78, 5) is 32.6. The molecule has 0 saturated heterocycles. The highest BCUT2D eigenvalue weighted by Gasteiger charge is 2.44. The molecule has 6 nitrogen and oxygen atoms in total. The maximum Gasteiger partial charge on any atom is 0.228 e. The molecule has 1 aromatic carbocycles. The fourth-order valence-electron chi connectivity index (χ4n) is 4.35. The highest BCUT2D eigenvalue weighted by atomic mass is 32.1. The van der Waals surface area contributed by atoms with Crippen LogP contribution in [0.1, 0.15) is 39.6 Å². The van der Waals surface area contributed by atoms with Crippen LogP contribution < -0.4 is 5.32 Å². The van der Waals surface area contributed by atoms with Crippen molar-refractivity contribution in [1.29, 1.82) is 5.26 Å². The molecule has 0 bridgehead atoms. The molecule has 0 radical (unpaired) electrons. The molecule has 3 heterocycles. The normalized spacial score (nSPS) is 19.0. The van der Waals surface area contributed by atoms with E-state index in [9.17, 15) is 14.9 Å². The Hall–Kier alpha value is -3.50. The van der Waals surface area contributed by atoms with Crippen LogP contribution in [0, 0.1) is 17.2 Å². The van der Waals surface area contributed by atoms with Crippen molar-refractivity contribution in [2.45, 2.75) is 31.7 Å². The van der Waals surface area contributed by atoms with E-state index in [-0.39, 0.29) is 30.1 Å². The average Bonchev–Trinajstić information content (AvgIpc) is 3.56. The minimum atomic E-state index is -0.0560. The Morgan fingerprint density at radius 2 is 2.00 bits per heavy atom. The SMILES string of the molecule is N#Cc1c(NC(=O)C2CC2c2ccccc2)sc2c1CCN(C(=O)Cc1ccccn1)C2. The lowest BCUT2D eigenvalue weighted by molar-refractivity contribution is -0.131. The van der Waals surface area contributed by atoms with Crippen LogP contribution in [0.4, 0.5) is 5.00 Å². The number of nitriles is 1. The number of fused-ring (bicyclic) bond motifs is 1. The molecule has 0 spiro atoms. The number of benzene rings is 1. The summed E-state index contributed by atoms with van der Waals surface area (Å²) in [6, 6.07) is 17.9. The fraction of sp³-hybridized carbons (Fsp3) is 0.280. The van der Waals surface area contributed by atoms with Crippen LogP contribution >= 0.6 is 11.3 Å². The van der Waals surface area contributed by atoms with Gasteiger partial charge >= 0.3 is 0 Å². The van der Waals surface area contributed by atoms with Gasteiger partial charge in [0.25, 0.3) is 0 Å². The van der Waals surface area contributed by atoms with E-state index >= 15 is 0 Å². The van der Waals surface area contributed by atoms with Gasteiger partial charge in [-0.2, -0.15) is 5.26 Å². The number of anilines is 1. The van der Waals surface area contributed by atoms with Gasteiger partial charge in [0.05, 0.1) is 18.5 Å². The Morgan fingerprint density at radius 3 is 2.75 bits per heavy atom. The molecule has 1 fully saturated rings. The standard InChI is InChI=1S/C25H22N4O2S/c26-14-21-18-9-11-29(23(30)12-17-8-4-5-10-27-17)15-22(18)32-25(21)28-24(31)20-13-19(20)16-6-2-1-3-7-16/h1-8,10,19-20H,9,11-13,15H2,(H,28,31). The predicted molar refractivity (Wildman–Crippen MR) is 122 cm³/mol. The molecule has 1 aliphatic carbocycles. The Bertz CT molecular complexity index is 1200. The first-order valence-electron chi connectivity index (χ1n) is 10.7. The van der Waals surface area contributed by atoms with Crippen LogP contribution in [0.3, 0.4) is 0 Å². The number of pyridine rings is 1. The predicted octanol–water partition coefficient (Wildman–Crippen LogP) is 3.88. The third-order valence-electron chi connectivity index (χ3n) is 6.17. The summed E-state index contributed by atoms with van der Waals surface area (Å²) in [5, 5.41) is 13.4. The molecule has 2 unspecified atom stereocenters. The Balaban J connectivity index is 1.27. The molecular weight excluding hydrogens is 420 g/mol. The van der Waals surface area contributed by atoms with Crippen molar-refractivity contribution in [3.63, 3.8) is 0 Å². The van der Waals surface area contributed by atoms with Gasteiger partial charge in [0.1, 0.15) is 11.1 Å². The highest BCUT2D eigenvalue weighted by Crippen LogP contribution is 2.48. The summed E-state index contributed by atoms with van der Waals surface area (Å²) in [5.41, 5.74) is 3.44. The third-order valence-corrected chi connectivity index (χ3v) is 7.30. The Kier molecular flexibility index (Phi) is 5.46. The minimum absolute atomic E-state index is 0.0236. The monoisotopic (exact) mass is 442 g/mol. The van der Waals surface area contributed by atoms with Gasteiger partial charge < -0.3 is 10.2 Å². The number of carbonyl (C=O) groups is 2. The van der Waals surface area contributed by atoms with Gasteiger partial charge in [-0.1, -0.05) is 36.4 Å². The highest BCUT2D eigenvalue weighted by molar-refractivity contribution is 7.16. The molecule has 7 heteroatoms. The van der Waals surface area contributed by atoms with Crippen molar-refractivity contribution in [3.8, 4) is 6.07 Å². The first-order chi connectivity index (χ1) is 15.6. The van der Waals surface area contributed by atoms with Gasteiger partial charge in [0.15, 0.2) is 0 Å². The summed E-state index contributed by atoms with van der Waals surface area (Å²) in [6.07, 6.45) is 3.40. The van der Waals surface area contributed by atoms with E-state index in [4.69, 9.17) is 0 Å². The molecule has 5 rings (SSSR count). The number of hydrogen-bond donors (Lipinski definition) is 1. The zero-order valence-electron chi connectivity index (χ0n) is 17.5. The average molecular weight is 443 g/mol. The minimum Gasteiger partial charge on any atom is -0.337 e. The number of thiophene rings is 1. The molecule has 2 amide bonds. The number of aromatic nitrogens is 1. The molecule has 1 N–H and O–H groups in total. The molecule has 2 aromatic heterocycles. The van der Waals surface area contributed by atoms with Crippen LogP contribution in [0.15, 0.2) is 54.7 Å². The second-order valence-corrected chi connectivity index (χ2v) is 9.34. The summed E-state index contributed by atoms with van der Waals surface area (Å²) in [7, 11) is 0. The van der Waals surface area contributed by atoms with Gasteiger partial charge in [-0.25, -0.2) is 0 Å². The largest absolute Gasteiger partial charge is 0.337 e. The van der Waals surface area contributed by atoms with Crippen LogP contribution in [-0.2, 0) is 29.0 Å². The van der Waals surface area contributed by atoms with Gasteiger partial charge in [-0.3, -0.25) is 14.6 Å². The van der Waals surface area contributed by atoms with E-state index in [0.717, 1.165) is 22.6 Å². The van der Waals surface area contributed by atoms with Crippen LogP contribution in [0.2, 0.25) is 0 Å². The van der Waals surface area contributed by atoms with Crippen molar-refractivity contribution < 1.29 is 9.59 Å². The van der Waals surface area contributed by atoms with Crippen molar-refractivity contribution in [3.05, 3.63) is 82.0 Å². The smallest absolute Gasteiger partial charge is 0.228 e. The lowest BCUT2D eigenvalue weighted by Crippen LogP contribution is -2.36. The summed E-state index contributed by atoms with van der Waals surface area (Å²) in [6.45, 7) is 1.03. The van der Waals surface area contributed by atoms with Crippen molar-refractivity contribution >= 4 is 28.2 Å². The van der Waals surface area contributed by atoms with E-state index in [1.807, 2.05) is 41.3 Å². The molecule has 1 aliphatic heterocycles. The van der Waals surface area contributed by atoms with E-state index in [1.165, 1.54) is 16.9 Å². The number of hydrogen-bond acceptors (Lipinski definition) is 5. The topological polar surface area (TPSA) is 86.1 Å². The summed E-state index contributed by atoms with van der Waals surface area (Å²) < 4.78 is 0. The molecule has 1 saturated carbocycles. The van der Waals surface area contributed by atoms with Crippen LogP contribution in [0.5, 0.6) is 0 Å². The molecule has 2 atom stereocenters. The van der Waals surface area contributed by atoms with Gasteiger partial charge in [-0.15, -0.1) is 11.3 Å². The van der Waals surface area contributed by atoms with E-state index in [1.54, 1.807) is 6.20 Å². The molecule has 32 heavy (non-hydrogen) atoms. The zero-order chi connectivity index (χ0) is 22.1. The second kappa shape index (κ2) is 8.56. The molecule has 2 aliphatic rings. The maximum absolute atomic E-state index is 12.8. The Labute approximate surface area is 190 Å². The maximum atomic E-state index is 12.8. The third kappa shape index (κ3) is 4.02. The van der Waals surface area contributed by atoms with Crippen molar-refractivity contribution in [2.75, 3.05) is 11.9 Å². The lowest BCUT2D eigenvalue weighted by atomic mass is 10.0. The van der Waals surface area contributed by atoms with Gasteiger partial charge in [-0.05, 0) is 42.0 Å². The van der Waals surface area contributed by atoms with Crippen LogP contribution in [-0.4, -0.2) is 28.2 Å². The molecule has 160 valence electrons. The van der Waals surface area contributed by atoms with E-state index in [2.05, 4.69) is 28.5 Å². The number of nitrogens with zero attached hydrogens (tertiary/aromatic N) is 3. The zero-order valence-corrected chi connectivity index (χ0v) is 18.3. The second-order valence-electron chi connectivity index (χ2n) is 8.23. The summed E-state index contributed by atoms with van der Waals surface area (Å²) in [5.74, 6) is 0.183. The Morgan fingerprint density at radius 1 is 1.19 bits per heavy atom. The van der Waals surface area contributed by atoms with Crippen molar-refractivity contribution in [1.82, 2.24) is 9.88 Å². The van der Waals surface area contributed by atoms with Gasteiger partial charge in [0.2, 0.25) is 11.8 Å². The molecular formula is C25H22N4O2S. The van der Waals surface area contributed by atoms with Crippen LogP contribution in [0.25, 0.3) is 0 Å². The first kappa shape index (κ1) is 20.4. The van der Waals surface area contributed by atoms with Gasteiger partial charge in [0, 0.05) is 29.2 Å². The summed E-state index contributed by atoms with van der Waals surface area (Å²) >= 11 is 1.42. The molecule has 3 aromatic rings. The van der Waals surface area contributed by atoms with Crippen molar-refractivity contribution in [2.24, 2.45) is 5.92 Å². The first-order valence-corrected chi connectivity index (χ1v) is 11.5.